The number of benzene rings is 1. The van der Waals surface area contributed by atoms with Crippen LogP contribution in [0.1, 0.15) is 16.7 Å². The van der Waals surface area contributed by atoms with Crippen LogP contribution in [-0.2, 0) is 0 Å². The molecule has 1 rings (SSSR count). The van der Waals surface area contributed by atoms with E-state index >= 15 is 0 Å². The van der Waals surface area contributed by atoms with Gasteiger partial charge in [-0.1, -0.05) is 54.1 Å². The van der Waals surface area contributed by atoms with Crippen LogP contribution in [0.3, 0.4) is 0 Å². The minimum absolute atomic E-state index is 1.24. The van der Waals surface area contributed by atoms with Crippen molar-refractivity contribution in [2.75, 3.05) is 0 Å². The van der Waals surface area contributed by atoms with Crippen LogP contribution in [-0.4, -0.2) is 0 Å². The molecule has 0 atom stereocenters. The second-order valence-electron chi connectivity index (χ2n) is 3.02. The van der Waals surface area contributed by atoms with Gasteiger partial charge in [0, 0.05) is 0 Å². The number of hydrogen-bond donors (Lipinski definition) is 0. The zero-order valence-corrected chi connectivity index (χ0v) is 7.67. The summed E-state index contributed by atoms with van der Waals surface area (Å²) in [5.41, 5.74) is 3.85. The molecule has 0 spiro atoms. The molecule has 12 heavy (non-hydrogen) atoms. The molecule has 0 aliphatic rings. The molecule has 0 nitrogen and oxygen atoms in total. The summed E-state index contributed by atoms with van der Waals surface area (Å²) in [6.07, 6.45) is 5.80. The summed E-state index contributed by atoms with van der Waals surface area (Å²) in [6, 6.07) is 6.49. The standard InChI is InChI=1S/C12H14/c1-4-5-6-12-8-10(2)7-11(3)9-12/h4-9H,1H2,2-3H3/b6-5+. The van der Waals surface area contributed by atoms with E-state index in [0.29, 0.717) is 0 Å². The van der Waals surface area contributed by atoms with Crippen molar-refractivity contribution in [1.29, 1.82) is 0 Å². The molecule has 0 unspecified atom stereocenters. The molecule has 0 heterocycles. The average molecular weight is 158 g/mol. The Morgan fingerprint density at radius 3 is 2.17 bits per heavy atom. The monoisotopic (exact) mass is 158 g/mol. The summed E-state index contributed by atoms with van der Waals surface area (Å²) < 4.78 is 0. The first-order chi connectivity index (χ1) is 5.72. The molecule has 0 bridgehead atoms. The lowest BCUT2D eigenvalue weighted by molar-refractivity contribution is 1.37. The smallest absolute Gasteiger partial charge is 0.0251 e. The van der Waals surface area contributed by atoms with E-state index in [1.54, 1.807) is 6.08 Å². The van der Waals surface area contributed by atoms with Gasteiger partial charge < -0.3 is 0 Å². The van der Waals surface area contributed by atoms with Gasteiger partial charge in [0.25, 0.3) is 0 Å². The zero-order chi connectivity index (χ0) is 8.97. The summed E-state index contributed by atoms with van der Waals surface area (Å²) in [7, 11) is 0. The van der Waals surface area contributed by atoms with Gasteiger partial charge in [0.1, 0.15) is 0 Å². The summed E-state index contributed by atoms with van der Waals surface area (Å²) >= 11 is 0. The van der Waals surface area contributed by atoms with Gasteiger partial charge in [-0.05, 0) is 19.4 Å². The predicted molar refractivity (Wildman–Crippen MR) is 55.1 cm³/mol. The Kier molecular flexibility index (Phi) is 2.87. The molecule has 1 aromatic rings. The molecule has 1 aromatic carbocycles. The van der Waals surface area contributed by atoms with Crippen LogP contribution in [0.4, 0.5) is 0 Å². The molecule has 0 aliphatic carbocycles. The van der Waals surface area contributed by atoms with Crippen molar-refractivity contribution in [2.45, 2.75) is 13.8 Å². The van der Waals surface area contributed by atoms with Crippen LogP contribution in [0.15, 0.2) is 36.9 Å². The Labute approximate surface area is 74.2 Å². The first-order valence-corrected chi connectivity index (χ1v) is 4.10. The number of aryl methyl sites for hydroxylation is 2. The normalized spacial score (nSPS) is 10.5. The van der Waals surface area contributed by atoms with Crippen molar-refractivity contribution in [1.82, 2.24) is 0 Å². The number of hydrogen-bond acceptors (Lipinski definition) is 0. The van der Waals surface area contributed by atoms with Gasteiger partial charge in [0.05, 0.1) is 0 Å². The second-order valence-corrected chi connectivity index (χ2v) is 3.02. The predicted octanol–water partition coefficient (Wildman–Crippen LogP) is 3.50. The van der Waals surface area contributed by atoms with Crippen molar-refractivity contribution < 1.29 is 0 Å². The van der Waals surface area contributed by atoms with Gasteiger partial charge in [-0.3, -0.25) is 0 Å². The first-order valence-electron chi connectivity index (χ1n) is 4.10. The van der Waals surface area contributed by atoms with Crippen molar-refractivity contribution in [3.05, 3.63) is 53.6 Å². The van der Waals surface area contributed by atoms with Gasteiger partial charge in [-0.15, -0.1) is 0 Å². The third-order valence-corrected chi connectivity index (χ3v) is 1.67. The molecule has 62 valence electrons. The lowest BCUT2D eigenvalue weighted by Gasteiger charge is -1.98. The molecular formula is C12H14. The average Bonchev–Trinajstić information content (AvgIpc) is 1.99. The lowest BCUT2D eigenvalue weighted by Crippen LogP contribution is -1.79. The van der Waals surface area contributed by atoms with E-state index in [1.807, 2.05) is 6.08 Å². The third-order valence-electron chi connectivity index (χ3n) is 1.67. The van der Waals surface area contributed by atoms with Gasteiger partial charge in [0.2, 0.25) is 0 Å². The van der Waals surface area contributed by atoms with Crippen molar-refractivity contribution in [3.8, 4) is 0 Å². The highest BCUT2D eigenvalue weighted by Crippen LogP contribution is 2.10. The summed E-state index contributed by atoms with van der Waals surface area (Å²) in [4.78, 5) is 0. The maximum Gasteiger partial charge on any atom is -0.0251 e. The van der Waals surface area contributed by atoms with E-state index in [1.165, 1.54) is 16.7 Å². The van der Waals surface area contributed by atoms with E-state index in [2.05, 4.69) is 44.7 Å². The molecule has 0 saturated heterocycles. The molecular weight excluding hydrogens is 144 g/mol. The highest BCUT2D eigenvalue weighted by Gasteiger charge is 1.90. The summed E-state index contributed by atoms with van der Waals surface area (Å²) in [6.45, 7) is 7.85. The fourth-order valence-electron chi connectivity index (χ4n) is 1.29. The number of allylic oxidation sites excluding steroid dienone is 2. The molecule has 0 heteroatoms. The van der Waals surface area contributed by atoms with Gasteiger partial charge in [0.15, 0.2) is 0 Å². The maximum absolute atomic E-state index is 3.63. The lowest BCUT2D eigenvalue weighted by atomic mass is 10.1. The topological polar surface area (TPSA) is 0 Å². The van der Waals surface area contributed by atoms with Gasteiger partial charge in [-0.25, -0.2) is 0 Å². The Morgan fingerprint density at radius 1 is 1.08 bits per heavy atom. The van der Waals surface area contributed by atoms with E-state index < -0.39 is 0 Å². The number of rotatable bonds is 2. The van der Waals surface area contributed by atoms with Gasteiger partial charge >= 0.3 is 0 Å². The minimum Gasteiger partial charge on any atom is -0.0991 e. The minimum atomic E-state index is 1.24. The summed E-state index contributed by atoms with van der Waals surface area (Å²) in [5, 5.41) is 0. The molecule has 0 saturated carbocycles. The third kappa shape index (κ3) is 2.39. The van der Waals surface area contributed by atoms with E-state index in [0.717, 1.165) is 0 Å². The largest absolute Gasteiger partial charge is 0.0991 e. The molecule has 0 fully saturated rings. The van der Waals surface area contributed by atoms with Gasteiger partial charge in [-0.2, -0.15) is 0 Å². The van der Waals surface area contributed by atoms with Crippen LogP contribution < -0.4 is 0 Å². The first kappa shape index (κ1) is 8.79. The summed E-state index contributed by atoms with van der Waals surface area (Å²) in [5.74, 6) is 0. The van der Waals surface area contributed by atoms with Crippen LogP contribution in [0, 0.1) is 13.8 Å². The fraction of sp³-hybridized carbons (Fsp3) is 0.167. The van der Waals surface area contributed by atoms with E-state index in [9.17, 15) is 0 Å². The second kappa shape index (κ2) is 3.91. The van der Waals surface area contributed by atoms with Crippen molar-refractivity contribution in [2.24, 2.45) is 0 Å². The molecule has 0 aliphatic heterocycles. The van der Waals surface area contributed by atoms with Crippen molar-refractivity contribution in [3.63, 3.8) is 0 Å². The highest BCUT2D eigenvalue weighted by atomic mass is 14.0. The molecule has 0 N–H and O–H groups in total. The van der Waals surface area contributed by atoms with E-state index in [4.69, 9.17) is 0 Å². The Hall–Kier alpha value is -1.30. The molecule has 0 radical (unpaired) electrons. The van der Waals surface area contributed by atoms with E-state index in [-0.39, 0.29) is 0 Å². The Bertz CT molecular complexity index is 286. The fourth-order valence-corrected chi connectivity index (χ4v) is 1.29. The molecule has 0 amide bonds. The van der Waals surface area contributed by atoms with Crippen LogP contribution in [0.2, 0.25) is 0 Å². The molecule has 0 aromatic heterocycles. The Morgan fingerprint density at radius 2 is 1.67 bits per heavy atom. The van der Waals surface area contributed by atoms with Crippen LogP contribution in [0.5, 0.6) is 0 Å². The Balaban J connectivity index is 3.00. The quantitative estimate of drug-likeness (QED) is 0.578. The van der Waals surface area contributed by atoms with Crippen LogP contribution in [0.25, 0.3) is 6.08 Å². The van der Waals surface area contributed by atoms with Crippen molar-refractivity contribution >= 4 is 6.08 Å². The van der Waals surface area contributed by atoms with Crippen LogP contribution >= 0.6 is 0 Å². The SMILES string of the molecule is C=C/C=C/c1cc(C)cc(C)c1. The highest BCUT2D eigenvalue weighted by molar-refractivity contribution is 5.53. The maximum atomic E-state index is 3.63. The zero-order valence-electron chi connectivity index (χ0n) is 7.67.